The lowest BCUT2D eigenvalue weighted by Gasteiger charge is -2.29. The van der Waals surface area contributed by atoms with Crippen molar-refractivity contribution in [3.8, 4) is 0 Å². The molecule has 0 aliphatic heterocycles. The van der Waals surface area contributed by atoms with E-state index in [0.29, 0.717) is 5.92 Å². The zero-order valence-electron chi connectivity index (χ0n) is 11.5. The predicted molar refractivity (Wildman–Crippen MR) is 70.2 cm³/mol. The van der Waals surface area contributed by atoms with Gasteiger partial charge in [0.05, 0.1) is 6.10 Å². The third-order valence-corrected chi connectivity index (χ3v) is 4.46. The summed E-state index contributed by atoms with van der Waals surface area (Å²) in [6.07, 6.45) is 7.63. The van der Waals surface area contributed by atoms with Gasteiger partial charge < -0.3 is 5.11 Å². The van der Waals surface area contributed by atoms with E-state index in [2.05, 4.69) is 52.8 Å². The molecular weight excluding hydrogens is 196 g/mol. The second-order valence-electron chi connectivity index (χ2n) is 6.31. The maximum absolute atomic E-state index is 9.67. The van der Waals surface area contributed by atoms with Gasteiger partial charge in [-0.25, -0.2) is 0 Å². The summed E-state index contributed by atoms with van der Waals surface area (Å²) in [5, 5.41) is 9.67. The van der Waals surface area contributed by atoms with Crippen LogP contribution in [0.1, 0.15) is 48.0 Å². The molecule has 1 heteroatoms. The minimum Gasteiger partial charge on any atom is -0.393 e. The molecule has 0 saturated carbocycles. The first-order valence-electron chi connectivity index (χ1n) is 6.22. The van der Waals surface area contributed by atoms with Crippen LogP contribution in [-0.4, -0.2) is 11.2 Å². The third-order valence-electron chi connectivity index (χ3n) is 4.46. The second-order valence-corrected chi connectivity index (χ2v) is 6.31. The van der Waals surface area contributed by atoms with E-state index in [1.54, 1.807) is 0 Å². The second kappa shape index (κ2) is 4.37. The molecule has 0 spiro atoms. The lowest BCUT2D eigenvalue weighted by atomic mass is 9.76. The molecule has 92 valence electrons. The Morgan fingerprint density at radius 2 is 2.06 bits per heavy atom. The molecule has 0 aromatic rings. The number of aliphatic hydroxyl groups is 1. The smallest absolute Gasteiger partial charge is 0.0597 e. The molecule has 1 aliphatic carbocycles. The van der Waals surface area contributed by atoms with E-state index in [9.17, 15) is 5.11 Å². The van der Waals surface area contributed by atoms with Gasteiger partial charge in [0.15, 0.2) is 0 Å². The number of aliphatic hydroxyl groups excluding tert-OH is 1. The van der Waals surface area contributed by atoms with Crippen LogP contribution in [0, 0.1) is 16.7 Å². The van der Waals surface area contributed by atoms with Crippen molar-refractivity contribution in [2.75, 3.05) is 0 Å². The van der Waals surface area contributed by atoms with Crippen molar-refractivity contribution in [2.24, 2.45) is 16.7 Å². The SMILES string of the molecule is CC1=CC[C@H](C=CC(C)(C)C(C)O)C1(C)C. The van der Waals surface area contributed by atoms with Crippen molar-refractivity contribution in [1.29, 1.82) is 0 Å². The Balaban J connectivity index is 2.74. The van der Waals surface area contributed by atoms with E-state index >= 15 is 0 Å². The highest BCUT2D eigenvalue weighted by Crippen LogP contribution is 2.44. The topological polar surface area (TPSA) is 20.2 Å². The summed E-state index contributed by atoms with van der Waals surface area (Å²) in [5.41, 5.74) is 1.62. The molecule has 0 amide bonds. The maximum atomic E-state index is 9.67. The van der Waals surface area contributed by atoms with Crippen LogP contribution in [0.5, 0.6) is 0 Å². The lowest BCUT2D eigenvalue weighted by Crippen LogP contribution is -2.25. The van der Waals surface area contributed by atoms with Crippen LogP contribution in [0.15, 0.2) is 23.8 Å². The first-order chi connectivity index (χ1) is 7.18. The molecule has 1 N–H and O–H groups in total. The van der Waals surface area contributed by atoms with Crippen molar-refractivity contribution in [3.63, 3.8) is 0 Å². The van der Waals surface area contributed by atoms with Gasteiger partial charge in [-0.3, -0.25) is 0 Å². The average Bonchev–Trinajstić information content (AvgIpc) is 2.39. The Bertz CT molecular complexity index is 305. The molecule has 1 rings (SSSR count). The van der Waals surface area contributed by atoms with Gasteiger partial charge in [-0.15, -0.1) is 0 Å². The largest absolute Gasteiger partial charge is 0.393 e. The fraction of sp³-hybridized carbons (Fsp3) is 0.733. The van der Waals surface area contributed by atoms with E-state index in [1.807, 2.05) is 6.92 Å². The van der Waals surface area contributed by atoms with Gasteiger partial charge in [-0.1, -0.05) is 51.5 Å². The summed E-state index contributed by atoms with van der Waals surface area (Å²) >= 11 is 0. The minimum atomic E-state index is -0.303. The fourth-order valence-corrected chi connectivity index (χ4v) is 1.98. The predicted octanol–water partition coefficient (Wildman–Crippen LogP) is 3.94. The highest BCUT2D eigenvalue weighted by molar-refractivity contribution is 5.22. The van der Waals surface area contributed by atoms with Crippen molar-refractivity contribution >= 4 is 0 Å². The van der Waals surface area contributed by atoms with Gasteiger partial charge in [0.1, 0.15) is 0 Å². The molecule has 0 saturated heterocycles. The average molecular weight is 222 g/mol. The molecule has 1 nitrogen and oxygen atoms in total. The normalized spacial score (nSPS) is 27.2. The molecule has 0 bridgehead atoms. The van der Waals surface area contributed by atoms with E-state index in [0.717, 1.165) is 6.42 Å². The van der Waals surface area contributed by atoms with E-state index in [4.69, 9.17) is 0 Å². The zero-order valence-corrected chi connectivity index (χ0v) is 11.5. The highest BCUT2D eigenvalue weighted by atomic mass is 16.3. The summed E-state index contributed by atoms with van der Waals surface area (Å²) in [6.45, 7) is 12.8. The summed E-state index contributed by atoms with van der Waals surface area (Å²) < 4.78 is 0. The lowest BCUT2D eigenvalue weighted by molar-refractivity contribution is 0.0989. The first-order valence-corrected chi connectivity index (χ1v) is 6.22. The highest BCUT2D eigenvalue weighted by Gasteiger charge is 2.33. The molecule has 0 radical (unpaired) electrons. The maximum Gasteiger partial charge on any atom is 0.0597 e. The van der Waals surface area contributed by atoms with Crippen LogP contribution in [0.4, 0.5) is 0 Å². The number of hydrogen-bond acceptors (Lipinski definition) is 1. The Morgan fingerprint density at radius 1 is 1.50 bits per heavy atom. The third kappa shape index (κ3) is 2.57. The summed E-state index contributed by atoms with van der Waals surface area (Å²) in [6, 6.07) is 0. The van der Waals surface area contributed by atoms with Crippen LogP contribution in [0.2, 0.25) is 0 Å². The molecule has 0 aromatic carbocycles. The standard InChI is InChI=1S/C15H26O/c1-11-7-8-13(15(11,5)6)9-10-14(3,4)12(2)16/h7,9-10,12-13,16H,8H2,1-6H3/t12?,13-/m1/s1. The van der Waals surface area contributed by atoms with Gasteiger partial charge in [-0.2, -0.15) is 0 Å². The fourth-order valence-electron chi connectivity index (χ4n) is 1.98. The molecule has 0 heterocycles. The van der Waals surface area contributed by atoms with Crippen molar-refractivity contribution in [3.05, 3.63) is 23.8 Å². The van der Waals surface area contributed by atoms with E-state index in [1.165, 1.54) is 5.57 Å². The molecule has 2 atom stereocenters. The van der Waals surface area contributed by atoms with Crippen molar-refractivity contribution < 1.29 is 5.11 Å². The van der Waals surface area contributed by atoms with Gasteiger partial charge in [0.25, 0.3) is 0 Å². The molecule has 1 unspecified atom stereocenters. The first kappa shape index (κ1) is 13.5. The van der Waals surface area contributed by atoms with Crippen LogP contribution >= 0.6 is 0 Å². The summed E-state index contributed by atoms with van der Waals surface area (Å²) in [5.74, 6) is 0.575. The Labute approximate surface area is 100 Å². The zero-order chi connectivity index (χ0) is 12.6. The van der Waals surface area contributed by atoms with Crippen LogP contribution < -0.4 is 0 Å². The number of allylic oxidation sites excluding steroid dienone is 3. The Kier molecular flexibility index (Phi) is 3.69. The van der Waals surface area contributed by atoms with Gasteiger partial charge >= 0.3 is 0 Å². The van der Waals surface area contributed by atoms with Crippen molar-refractivity contribution in [2.45, 2.75) is 54.1 Å². The minimum absolute atomic E-state index is 0.132. The number of hydrogen-bond donors (Lipinski definition) is 1. The number of rotatable bonds is 3. The van der Waals surface area contributed by atoms with Crippen LogP contribution in [0.3, 0.4) is 0 Å². The molecule has 1 aliphatic rings. The van der Waals surface area contributed by atoms with Gasteiger partial charge in [-0.05, 0) is 31.6 Å². The van der Waals surface area contributed by atoms with Crippen molar-refractivity contribution in [1.82, 2.24) is 0 Å². The molecule has 16 heavy (non-hydrogen) atoms. The van der Waals surface area contributed by atoms with Crippen LogP contribution in [0.25, 0.3) is 0 Å². The van der Waals surface area contributed by atoms with Crippen LogP contribution in [-0.2, 0) is 0 Å². The van der Waals surface area contributed by atoms with Gasteiger partial charge in [0, 0.05) is 5.41 Å². The van der Waals surface area contributed by atoms with Gasteiger partial charge in [0.2, 0.25) is 0 Å². The molecule has 0 aromatic heterocycles. The Hall–Kier alpha value is -0.560. The Morgan fingerprint density at radius 3 is 2.44 bits per heavy atom. The summed E-state index contributed by atoms with van der Waals surface area (Å²) in [7, 11) is 0. The monoisotopic (exact) mass is 222 g/mol. The molecular formula is C15H26O. The summed E-state index contributed by atoms with van der Waals surface area (Å²) in [4.78, 5) is 0. The van der Waals surface area contributed by atoms with E-state index < -0.39 is 0 Å². The quantitative estimate of drug-likeness (QED) is 0.717. The van der Waals surface area contributed by atoms with E-state index in [-0.39, 0.29) is 16.9 Å². The molecule has 0 fully saturated rings.